The number of carbonyl (C=O) groups excluding carboxylic acids is 1. The van der Waals surface area contributed by atoms with Crippen LogP contribution in [0.15, 0.2) is 18.5 Å². The summed E-state index contributed by atoms with van der Waals surface area (Å²) in [6.45, 7) is 2.79. The van der Waals surface area contributed by atoms with Gasteiger partial charge in [0.15, 0.2) is 5.82 Å². The van der Waals surface area contributed by atoms with Crippen molar-refractivity contribution in [2.45, 2.75) is 25.8 Å². The molecule has 2 heterocycles. The van der Waals surface area contributed by atoms with Gasteiger partial charge in [-0.15, -0.1) is 0 Å². The lowest BCUT2D eigenvalue weighted by molar-refractivity contribution is 0.123. The predicted octanol–water partition coefficient (Wildman–Crippen LogP) is 2.24. The van der Waals surface area contributed by atoms with Crippen LogP contribution < -0.4 is 5.32 Å². The zero-order chi connectivity index (χ0) is 11.5. The monoisotopic (exact) mass is 223 g/mol. The summed E-state index contributed by atoms with van der Waals surface area (Å²) in [5.41, 5.74) is 0.182. The topological polar surface area (TPSA) is 45.2 Å². The maximum atomic E-state index is 13.2. The number of urea groups is 1. The van der Waals surface area contributed by atoms with E-state index in [9.17, 15) is 9.18 Å². The molecular formula is C11H14FN3O. The molecule has 0 saturated carbocycles. The highest BCUT2D eigenvalue weighted by atomic mass is 19.1. The van der Waals surface area contributed by atoms with Crippen molar-refractivity contribution < 1.29 is 9.18 Å². The zero-order valence-electron chi connectivity index (χ0n) is 9.11. The number of pyridine rings is 1. The summed E-state index contributed by atoms with van der Waals surface area (Å²) in [6, 6.07) is 1.52. The van der Waals surface area contributed by atoms with Gasteiger partial charge in [-0.25, -0.2) is 9.18 Å². The number of hydrogen-bond donors (Lipinski definition) is 1. The standard InChI is InChI=1S/C11H14FN3O/c1-2-8-4-6-15(8)11(16)14-10-3-5-13-7-9(10)12/h3,5,7-8H,2,4,6H2,1H3,(H,13,14,16). The Morgan fingerprint density at radius 1 is 1.75 bits per heavy atom. The number of anilines is 1. The quantitative estimate of drug-likeness (QED) is 0.835. The molecule has 4 nitrogen and oxygen atoms in total. The molecule has 1 saturated heterocycles. The third-order valence-electron chi connectivity index (χ3n) is 2.89. The van der Waals surface area contributed by atoms with Crippen molar-refractivity contribution in [1.29, 1.82) is 0 Å². The average molecular weight is 223 g/mol. The van der Waals surface area contributed by atoms with Crippen LogP contribution in [-0.2, 0) is 0 Å². The van der Waals surface area contributed by atoms with Crippen LogP contribution in [-0.4, -0.2) is 28.5 Å². The first-order valence-corrected chi connectivity index (χ1v) is 5.39. The number of nitrogens with one attached hydrogen (secondary N) is 1. The van der Waals surface area contributed by atoms with Crippen molar-refractivity contribution in [3.8, 4) is 0 Å². The Morgan fingerprint density at radius 3 is 3.12 bits per heavy atom. The molecule has 1 N–H and O–H groups in total. The van der Waals surface area contributed by atoms with E-state index in [4.69, 9.17) is 0 Å². The van der Waals surface area contributed by atoms with Crippen molar-refractivity contribution in [3.05, 3.63) is 24.3 Å². The lowest BCUT2D eigenvalue weighted by Gasteiger charge is -2.40. The Morgan fingerprint density at radius 2 is 2.56 bits per heavy atom. The third-order valence-corrected chi connectivity index (χ3v) is 2.89. The van der Waals surface area contributed by atoms with Crippen molar-refractivity contribution >= 4 is 11.7 Å². The number of nitrogens with zero attached hydrogens (tertiary/aromatic N) is 2. The molecule has 1 aliphatic heterocycles. The van der Waals surface area contributed by atoms with Gasteiger partial charge in [-0.1, -0.05) is 6.92 Å². The van der Waals surface area contributed by atoms with Gasteiger partial charge in [0.05, 0.1) is 11.9 Å². The molecule has 0 spiro atoms. The smallest absolute Gasteiger partial charge is 0.321 e. The highest BCUT2D eigenvalue weighted by Crippen LogP contribution is 2.21. The molecule has 1 aromatic heterocycles. The van der Waals surface area contributed by atoms with E-state index < -0.39 is 5.82 Å². The fourth-order valence-electron chi connectivity index (χ4n) is 1.80. The summed E-state index contributed by atoms with van der Waals surface area (Å²) < 4.78 is 13.2. The van der Waals surface area contributed by atoms with E-state index in [2.05, 4.69) is 10.3 Å². The molecule has 1 aromatic rings. The SMILES string of the molecule is CCC1CCN1C(=O)Nc1ccncc1F. The molecule has 0 radical (unpaired) electrons. The van der Waals surface area contributed by atoms with Crippen molar-refractivity contribution in [2.24, 2.45) is 0 Å². The van der Waals surface area contributed by atoms with Crippen LogP contribution in [0, 0.1) is 5.82 Å². The van der Waals surface area contributed by atoms with Gasteiger partial charge in [0.2, 0.25) is 0 Å². The summed E-state index contributed by atoms with van der Waals surface area (Å²) in [5, 5.41) is 2.55. The van der Waals surface area contributed by atoms with Gasteiger partial charge in [0.25, 0.3) is 0 Å². The number of likely N-dealkylation sites (tertiary alicyclic amines) is 1. The number of halogens is 1. The molecule has 16 heavy (non-hydrogen) atoms. The van der Waals surface area contributed by atoms with Crippen molar-refractivity contribution in [3.63, 3.8) is 0 Å². The first-order valence-electron chi connectivity index (χ1n) is 5.39. The molecule has 2 amide bonds. The first-order chi connectivity index (χ1) is 7.72. The van der Waals surface area contributed by atoms with Crippen LogP contribution in [0.5, 0.6) is 0 Å². The molecule has 0 aliphatic carbocycles. The zero-order valence-corrected chi connectivity index (χ0v) is 9.11. The normalized spacial score (nSPS) is 19.1. The van der Waals surface area contributed by atoms with Gasteiger partial charge >= 0.3 is 6.03 Å². The Balaban J connectivity index is 2.00. The van der Waals surface area contributed by atoms with Gasteiger partial charge in [-0.3, -0.25) is 4.98 Å². The Kier molecular flexibility index (Phi) is 3.03. The molecule has 0 aromatic carbocycles. The maximum absolute atomic E-state index is 13.2. The van der Waals surface area contributed by atoms with Crippen LogP contribution in [0.1, 0.15) is 19.8 Å². The van der Waals surface area contributed by atoms with E-state index in [1.165, 1.54) is 12.3 Å². The summed E-state index contributed by atoms with van der Waals surface area (Å²) >= 11 is 0. The second-order valence-corrected chi connectivity index (χ2v) is 3.83. The summed E-state index contributed by atoms with van der Waals surface area (Å²) in [7, 11) is 0. The Labute approximate surface area is 93.5 Å². The number of rotatable bonds is 2. The maximum Gasteiger partial charge on any atom is 0.322 e. The fourth-order valence-corrected chi connectivity index (χ4v) is 1.80. The Hall–Kier alpha value is -1.65. The third kappa shape index (κ3) is 1.98. The van der Waals surface area contributed by atoms with Crippen LogP contribution >= 0.6 is 0 Å². The summed E-state index contributed by atoms with van der Waals surface area (Å²) in [5.74, 6) is -0.510. The van der Waals surface area contributed by atoms with Gasteiger partial charge in [0.1, 0.15) is 0 Å². The van der Waals surface area contributed by atoms with Gasteiger partial charge < -0.3 is 10.2 Å². The number of amides is 2. The number of hydrogen-bond acceptors (Lipinski definition) is 2. The predicted molar refractivity (Wildman–Crippen MR) is 58.6 cm³/mol. The van der Waals surface area contributed by atoms with E-state index in [1.807, 2.05) is 6.92 Å². The molecule has 1 fully saturated rings. The summed E-state index contributed by atoms with van der Waals surface area (Å²) in [4.78, 5) is 17.1. The van der Waals surface area contributed by atoms with E-state index in [1.54, 1.807) is 4.90 Å². The van der Waals surface area contributed by atoms with Gasteiger partial charge in [0, 0.05) is 18.8 Å². The molecule has 1 unspecified atom stereocenters. The molecule has 1 aliphatic rings. The highest BCUT2D eigenvalue weighted by molar-refractivity contribution is 5.90. The lowest BCUT2D eigenvalue weighted by atomic mass is 10.0. The fraction of sp³-hybridized carbons (Fsp3) is 0.455. The van der Waals surface area contributed by atoms with E-state index in [-0.39, 0.29) is 11.7 Å². The lowest BCUT2D eigenvalue weighted by Crippen LogP contribution is -2.52. The highest BCUT2D eigenvalue weighted by Gasteiger charge is 2.30. The van der Waals surface area contributed by atoms with E-state index >= 15 is 0 Å². The molecular weight excluding hydrogens is 209 g/mol. The molecule has 1 atom stereocenters. The van der Waals surface area contributed by atoms with Crippen LogP contribution in [0.3, 0.4) is 0 Å². The molecule has 2 rings (SSSR count). The summed E-state index contributed by atoms with van der Waals surface area (Å²) in [6.07, 6.45) is 4.50. The van der Waals surface area contributed by atoms with Gasteiger partial charge in [-0.2, -0.15) is 0 Å². The minimum atomic E-state index is -0.510. The minimum Gasteiger partial charge on any atom is -0.321 e. The minimum absolute atomic E-state index is 0.182. The molecule has 0 bridgehead atoms. The van der Waals surface area contributed by atoms with Crippen molar-refractivity contribution in [1.82, 2.24) is 9.88 Å². The van der Waals surface area contributed by atoms with E-state index in [0.717, 1.165) is 25.6 Å². The second-order valence-electron chi connectivity index (χ2n) is 3.83. The molecule has 5 heteroatoms. The first kappa shape index (κ1) is 10.9. The Bertz CT molecular complexity index is 395. The largest absolute Gasteiger partial charge is 0.322 e. The average Bonchev–Trinajstić information content (AvgIpc) is 2.20. The molecule has 86 valence electrons. The van der Waals surface area contributed by atoms with Crippen LogP contribution in [0.4, 0.5) is 14.9 Å². The second kappa shape index (κ2) is 4.47. The number of carbonyl (C=O) groups is 1. The van der Waals surface area contributed by atoms with E-state index in [0.29, 0.717) is 6.04 Å². The van der Waals surface area contributed by atoms with Crippen molar-refractivity contribution in [2.75, 3.05) is 11.9 Å². The number of aromatic nitrogens is 1. The van der Waals surface area contributed by atoms with Gasteiger partial charge in [-0.05, 0) is 18.9 Å². The van der Waals surface area contributed by atoms with Crippen LogP contribution in [0.25, 0.3) is 0 Å². The van der Waals surface area contributed by atoms with Crippen LogP contribution in [0.2, 0.25) is 0 Å².